The first-order valence-corrected chi connectivity index (χ1v) is 15.1. The van der Waals surface area contributed by atoms with Crippen LogP contribution in [0.15, 0.2) is 30.3 Å². The molecule has 3 fully saturated rings. The van der Waals surface area contributed by atoms with Crippen LogP contribution < -0.4 is 9.89 Å². The van der Waals surface area contributed by atoms with E-state index in [0.29, 0.717) is 37.5 Å². The number of benzene rings is 1. The fraction of sp³-hybridized carbons (Fsp3) is 0.448. The van der Waals surface area contributed by atoms with E-state index in [2.05, 4.69) is 92.6 Å². The van der Waals surface area contributed by atoms with Crippen LogP contribution in [0, 0.1) is 62.1 Å². The summed E-state index contributed by atoms with van der Waals surface area (Å²) in [6.45, 7) is 8.86. The fourth-order valence-electron chi connectivity index (χ4n) is 4.37. The molecular weight excluding hydrogens is 559 g/mol. The van der Waals surface area contributed by atoms with E-state index in [-0.39, 0.29) is 17.1 Å². The summed E-state index contributed by atoms with van der Waals surface area (Å²) >= 11 is 2.44. The van der Waals surface area contributed by atoms with Gasteiger partial charge in [-0.3, -0.25) is 0 Å². The third kappa shape index (κ3) is 10.6. The Morgan fingerprint density at radius 1 is 1.06 bits per heavy atom. The molecule has 10 radical (unpaired) electrons. The Kier molecular flexibility index (Phi) is 16.2. The van der Waals surface area contributed by atoms with Gasteiger partial charge < -0.3 is 0 Å². The summed E-state index contributed by atoms with van der Waals surface area (Å²) in [5.74, 6) is 1.48. The Bertz CT molecular complexity index is 656. The predicted molar refractivity (Wildman–Crippen MR) is 148 cm³/mol. The number of hydrogen-bond donors (Lipinski definition) is 1. The molecule has 6 heteroatoms. The van der Waals surface area contributed by atoms with Gasteiger partial charge in [0.1, 0.15) is 0 Å². The zero-order chi connectivity index (χ0) is 24.2. The molecule has 2 aliphatic carbocycles. The Morgan fingerprint density at radius 3 is 2.34 bits per heavy atom. The third-order valence-corrected chi connectivity index (χ3v) is 9.74. The molecule has 1 aliphatic heterocycles. The molecule has 3 nitrogen and oxygen atoms in total. The normalized spacial score (nSPS) is 23.2. The number of methoxy groups -OCH3 is 1. The van der Waals surface area contributed by atoms with Crippen molar-refractivity contribution < 1.29 is 21.8 Å². The van der Waals surface area contributed by atoms with Crippen LogP contribution in [0.4, 0.5) is 0 Å². The number of nitrogens with one attached hydrogen (secondary N) is 1. The SMILES string of the molecule is CC[C@@H](SC(C)C)[C@H](NN1CCC[C@H]1COC)[C]1[CH][CH][CH][C]1[Se]c1ccccc1.[CH]1[CH][CH][CH][CH]1.[Fe+2]. The Labute approximate surface area is 237 Å². The van der Waals surface area contributed by atoms with Crippen molar-refractivity contribution in [3.8, 4) is 0 Å². The first-order valence-electron chi connectivity index (χ1n) is 12.4. The maximum absolute atomic E-state index is 5.50. The van der Waals surface area contributed by atoms with Gasteiger partial charge in [-0.25, -0.2) is 0 Å². The topological polar surface area (TPSA) is 24.5 Å². The zero-order valence-electron chi connectivity index (χ0n) is 21.4. The minimum atomic E-state index is 0. The van der Waals surface area contributed by atoms with Crippen LogP contribution in [0.1, 0.15) is 40.0 Å². The quantitative estimate of drug-likeness (QED) is 0.374. The first kappa shape index (κ1) is 31.7. The number of hydrazine groups is 1. The summed E-state index contributed by atoms with van der Waals surface area (Å²) in [6, 6.07) is 11.7. The summed E-state index contributed by atoms with van der Waals surface area (Å²) in [5, 5.41) is 3.63. The van der Waals surface area contributed by atoms with Gasteiger partial charge in [-0.05, 0) is 32.1 Å². The van der Waals surface area contributed by atoms with Gasteiger partial charge >= 0.3 is 207 Å². The molecule has 0 bridgehead atoms. The van der Waals surface area contributed by atoms with Gasteiger partial charge in [-0.1, -0.05) is 0 Å². The maximum Gasteiger partial charge on any atom is 2.00 e. The minimum Gasteiger partial charge on any atom is -0.0312 e. The molecule has 0 spiro atoms. The van der Waals surface area contributed by atoms with Crippen molar-refractivity contribution >= 4 is 31.2 Å². The van der Waals surface area contributed by atoms with E-state index in [9.17, 15) is 0 Å². The fourth-order valence-corrected chi connectivity index (χ4v) is 7.73. The van der Waals surface area contributed by atoms with Crippen molar-refractivity contribution in [2.75, 3.05) is 20.3 Å². The third-order valence-electron chi connectivity index (χ3n) is 5.93. The van der Waals surface area contributed by atoms with E-state index in [0.717, 1.165) is 19.6 Å². The van der Waals surface area contributed by atoms with Crippen LogP contribution in [0.5, 0.6) is 0 Å². The summed E-state index contributed by atoms with van der Waals surface area (Å²) < 4.78 is 6.94. The van der Waals surface area contributed by atoms with Crippen LogP contribution in [0.3, 0.4) is 0 Å². The largest absolute Gasteiger partial charge is 2.00 e. The molecule has 0 unspecified atom stereocenters. The molecule has 0 amide bonds. The molecule has 2 saturated carbocycles. The number of hydrogen-bond acceptors (Lipinski definition) is 4. The number of ether oxygens (including phenoxy) is 1. The monoisotopic (exact) mass is 600 g/mol. The zero-order valence-corrected chi connectivity index (χ0v) is 25.0. The van der Waals surface area contributed by atoms with Crippen molar-refractivity contribution in [2.24, 2.45) is 0 Å². The standard InChI is InChI=1S/C24H35N2OSSe.C5H5.Fe/c1-5-22(28-18(2)3)24(25-26-16-10-11-19(26)17-27-4)21-14-9-15-23(21)29-20-12-7-6-8-13-20;1-2-4-5-3-1;/h6-9,12-15,18-19,22,24-25H,5,10-11,16-17H2,1-4H3;1-5H;/q;;+2/t19-,22+,24+;;/m0../s1. The maximum atomic E-state index is 5.50. The molecule has 1 heterocycles. The molecular formula is C29H40FeN2OSSe+2. The van der Waals surface area contributed by atoms with Gasteiger partial charge in [0.05, 0.1) is 0 Å². The molecule has 1 aromatic carbocycles. The summed E-state index contributed by atoms with van der Waals surface area (Å²) in [6.07, 6.45) is 20.5. The van der Waals surface area contributed by atoms with Crippen molar-refractivity contribution in [3.63, 3.8) is 0 Å². The van der Waals surface area contributed by atoms with Crippen LogP contribution in [0.2, 0.25) is 0 Å². The predicted octanol–water partition coefficient (Wildman–Crippen LogP) is 4.67. The van der Waals surface area contributed by atoms with E-state index in [1.807, 2.05) is 39.2 Å². The number of rotatable bonds is 11. The van der Waals surface area contributed by atoms with Gasteiger partial charge in [0.15, 0.2) is 0 Å². The van der Waals surface area contributed by atoms with E-state index < -0.39 is 0 Å². The Morgan fingerprint density at radius 2 is 1.74 bits per heavy atom. The molecule has 3 aliphatic rings. The van der Waals surface area contributed by atoms with Crippen molar-refractivity contribution in [2.45, 2.75) is 62.6 Å². The number of thioether (sulfide) groups is 1. The van der Waals surface area contributed by atoms with Crippen molar-refractivity contribution in [1.29, 1.82) is 0 Å². The molecule has 190 valence electrons. The Hall–Kier alpha value is 0.489. The molecule has 1 aromatic rings. The molecule has 4 rings (SSSR count). The van der Waals surface area contributed by atoms with Gasteiger partial charge in [-0.2, -0.15) is 0 Å². The molecule has 0 aromatic heterocycles. The van der Waals surface area contributed by atoms with Crippen molar-refractivity contribution in [1.82, 2.24) is 10.4 Å². The molecule has 3 atom stereocenters. The summed E-state index contributed by atoms with van der Waals surface area (Å²) in [5.41, 5.74) is 3.98. The summed E-state index contributed by atoms with van der Waals surface area (Å²) in [7, 11) is 1.81. The molecule has 35 heavy (non-hydrogen) atoms. The van der Waals surface area contributed by atoms with Crippen LogP contribution >= 0.6 is 11.8 Å². The average molecular weight is 600 g/mol. The molecule has 1 saturated heterocycles. The Balaban J connectivity index is 0.000000640. The van der Waals surface area contributed by atoms with E-state index in [1.165, 1.54) is 28.0 Å². The van der Waals surface area contributed by atoms with Crippen LogP contribution in [-0.4, -0.2) is 62.8 Å². The second-order valence-electron chi connectivity index (χ2n) is 8.91. The first-order chi connectivity index (χ1) is 16.6. The number of nitrogens with zero attached hydrogens (tertiary/aromatic N) is 1. The minimum absolute atomic E-state index is 0. The molecule has 1 N–H and O–H groups in total. The summed E-state index contributed by atoms with van der Waals surface area (Å²) in [4.78, 5) is 1.51. The van der Waals surface area contributed by atoms with Crippen LogP contribution in [-0.2, 0) is 21.8 Å². The second-order valence-corrected chi connectivity index (χ2v) is 13.1. The van der Waals surface area contributed by atoms with E-state index >= 15 is 0 Å². The van der Waals surface area contributed by atoms with Gasteiger partial charge in [-0.15, -0.1) is 0 Å². The van der Waals surface area contributed by atoms with E-state index in [1.54, 1.807) is 0 Å². The van der Waals surface area contributed by atoms with Crippen molar-refractivity contribution in [3.05, 3.63) is 92.4 Å². The van der Waals surface area contributed by atoms with E-state index in [4.69, 9.17) is 4.74 Å². The smallest absolute Gasteiger partial charge is 0.0312 e. The van der Waals surface area contributed by atoms with Crippen LogP contribution in [0.25, 0.3) is 0 Å². The van der Waals surface area contributed by atoms with Gasteiger partial charge in [0.2, 0.25) is 0 Å². The van der Waals surface area contributed by atoms with Gasteiger partial charge in [0, 0.05) is 0 Å². The average Bonchev–Trinajstić information content (AvgIpc) is 3.62. The second kappa shape index (κ2) is 17.9. The van der Waals surface area contributed by atoms with Gasteiger partial charge in [0.25, 0.3) is 0 Å².